The minimum atomic E-state index is -1.04. The second kappa shape index (κ2) is 12.9. The van der Waals surface area contributed by atoms with E-state index in [0.717, 1.165) is 56.3 Å². The van der Waals surface area contributed by atoms with Crippen LogP contribution < -0.4 is 9.80 Å². The Balaban J connectivity index is 1.24. The number of carbonyl (C=O) groups excluding carboxylic acids is 1. The van der Waals surface area contributed by atoms with Gasteiger partial charge < -0.3 is 19.9 Å². The average Bonchev–Trinajstić information content (AvgIpc) is 3.52. The van der Waals surface area contributed by atoms with Crippen LogP contribution in [0.3, 0.4) is 0 Å². The number of rotatable bonds is 9. The van der Waals surface area contributed by atoms with Crippen LogP contribution in [0.5, 0.6) is 0 Å². The van der Waals surface area contributed by atoms with E-state index in [9.17, 15) is 14.7 Å². The SMILES string of the molecule is Cc1[nH]c(C(=O)C[C@@H]2CCN(c3nc(-c4cnc(N5CCN(CC(C)C)CC5)cn4)c(C(=O)O)s3)C[C@@H]2C)c(Cl)c1Cl. The molecule has 2 fully saturated rings. The zero-order valence-corrected chi connectivity index (χ0v) is 26.7. The molecule has 0 bridgehead atoms. The van der Waals surface area contributed by atoms with Gasteiger partial charge in [-0.15, -0.1) is 0 Å². The number of nitrogens with one attached hydrogen (secondary N) is 1. The Hall–Kier alpha value is -2.73. The normalized spacial score (nSPS) is 20.0. The molecule has 13 heteroatoms. The number of carboxylic acids is 1. The lowest BCUT2D eigenvalue weighted by Crippen LogP contribution is -2.47. The van der Waals surface area contributed by atoms with Crippen LogP contribution in [-0.2, 0) is 0 Å². The Morgan fingerprint density at radius 1 is 1.10 bits per heavy atom. The third kappa shape index (κ3) is 6.59. The number of hydrogen-bond donors (Lipinski definition) is 2. The monoisotopic (exact) mass is 633 g/mol. The summed E-state index contributed by atoms with van der Waals surface area (Å²) in [4.78, 5) is 49.0. The predicted octanol–water partition coefficient (Wildman–Crippen LogP) is 5.76. The molecule has 2 atom stereocenters. The molecule has 0 aromatic carbocycles. The van der Waals surface area contributed by atoms with Crippen LogP contribution in [0.25, 0.3) is 11.4 Å². The van der Waals surface area contributed by atoms with Gasteiger partial charge in [-0.3, -0.25) is 9.69 Å². The van der Waals surface area contributed by atoms with Crippen molar-refractivity contribution in [3.63, 3.8) is 0 Å². The highest BCUT2D eigenvalue weighted by Gasteiger charge is 2.32. The van der Waals surface area contributed by atoms with E-state index in [1.54, 1.807) is 19.3 Å². The number of aromatic nitrogens is 4. The van der Waals surface area contributed by atoms with E-state index in [2.05, 4.69) is 50.4 Å². The molecule has 5 heterocycles. The van der Waals surface area contributed by atoms with Gasteiger partial charge in [0.2, 0.25) is 0 Å². The van der Waals surface area contributed by atoms with Crippen LogP contribution in [0.2, 0.25) is 10.0 Å². The number of halogens is 2. The maximum absolute atomic E-state index is 13.0. The highest BCUT2D eigenvalue weighted by atomic mass is 35.5. The fraction of sp³-hybridized carbons (Fsp3) is 0.552. The van der Waals surface area contributed by atoms with Crippen LogP contribution in [0.4, 0.5) is 10.9 Å². The number of piperidine rings is 1. The quantitative estimate of drug-likeness (QED) is 0.284. The van der Waals surface area contributed by atoms with Gasteiger partial charge in [-0.2, -0.15) is 0 Å². The number of nitrogens with zero attached hydrogens (tertiary/aromatic N) is 6. The van der Waals surface area contributed by atoms with Gasteiger partial charge in [0.25, 0.3) is 0 Å². The first kappa shape index (κ1) is 30.7. The number of aryl methyl sites for hydroxylation is 1. The molecule has 3 aromatic heterocycles. The fourth-order valence-electron chi connectivity index (χ4n) is 5.82. The number of thiazole rings is 1. The second-order valence-electron chi connectivity index (χ2n) is 11.8. The van der Waals surface area contributed by atoms with Crippen molar-refractivity contribution in [1.82, 2.24) is 24.8 Å². The number of anilines is 2. The van der Waals surface area contributed by atoms with Crippen molar-refractivity contribution in [2.75, 3.05) is 55.6 Å². The van der Waals surface area contributed by atoms with Crippen molar-refractivity contribution in [2.45, 2.75) is 40.5 Å². The third-order valence-corrected chi connectivity index (χ3v) is 10.2. The van der Waals surface area contributed by atoms with Crippen LogP contribution in [0.1, 0.15) is 59.5 Å². The summed E-state index contributed by atoms with van der Waals surface area (Å²) < 4.78 is 0. The first-order valence-electron chi connectivity index (χ1n) is 14.4. The minimum absolute atomic E-state index is 0.0514. The van der Waals surface area contributed by atoms with Gasteiger partial charge in [0.15, 0.2) is 10.9 Å². The van der Waals surface area contributed by atoms with Gasteiger partial charge in [-0.25, -0.2) is 19.7 Å². The van der Waals surface area contributed by atoms with Crippen LogP contribution in [0.15, 0.2) is 12.4 Å². The molecule has 2 N–H and O–H groups in total. The summed E-state index contributed by atoms with van der Waals surface area (Å²) in [7, 11) is 0. The number of H-pyrrole nitrogens is 1. The first-order chi connectivity index (χ1) is 20.0. The summed E-state index contributed by atoms with van der Waals surface area (Å²) in [5, 5.41) is 11.3. The van der Waals surface area contributed by atoms with Crippen LogP contribution in [-0.4, -0.2) is 87.5 Å². The van der Waals surface area contributed by atoms with E-state index in [1.807, 2.05) is 0 Å². The highest BCUT2D eigenvalue weighted by molar-refractivity contribution is 7.17. The molecule has 0 amide bonds. The topological polar surface area (TPSA) is 119 Å². The summed E-state index contributed by atoms with van der Waals surface area (Å²) in [6, 6.07) is 0. The van der Waals surface area contributed by atoms with Crippen molar-refractivity contribution < 1.29 is 14.7 Å². The Kier molecular flexibility index (Phi) is 9.41. The third-order valence-electron chi connectivity index (χ3n) is 8.14. The standard InChI is InChI=1S/C29H37Cl2N7O3S/c1-16(2)14-36-7-9-37(10-8-36)22-13-32-20(12-33-22)25-27(28(40)41)42-29(35-25)38-6-5-19(17(3)15-38)11-21(39)26-24(31)23(30)18(4)34-26/h12-13,16-17,19,34H,5-11,14-15H2,1-4H3,(H,40,41)/t17-,19-/m0/s1. The molecule has 5 rings (SSSR count). The van der Waals surface area contributed by atoms with E-state index in [-0.39, 0.29) is 27.5 Å². The van der Waals surface area contributed by atoms with Crippen LogP contribution >= 0.6 is 34.5 Å². The van der Waals surface area contributed by atoms with E-state index >= 15 is 0 Å². The molecule has 2 aliphatic heterocycles. The molecular formula is C29H37Cl2N7O3S. The number of hydrogen-bond acceptors (Lipinski definition) is 9. The summed E-state index contributed by atoms with van der Waals surface area (Å²) in [5.41, 5.74) is 1.83. The van der Waals surface area contributed by atoms with Gasteiger partial charge in [0, 0.05) is 57.9 Å². The Labute approximate surface area is 260 Å². The Morgan fingerprint density at radius 3 is 2.40 bits per heavy atom. The maximum atomic E-state index is 13.0. The number of aromatic amines is 1. The maximum Gasteiger partial charge on any atom is 0.348 e. The average molecular weight is 635 g/mol. The number of Topliss-reactive ketones (excluding diaryl/α,β-unsaturated/α-hetero) is 1. The molecule has 0 aliphatic carbocycles. The Morgan fingerprint density at radius 2 is 1.83 bits per heavy atom. The molecule has 10 nitrogen and oxygen atoms in total. The summed E-state index contributed by atoms with van der Waals surface area (Å²) in [6.07, 6.45) is 4.48. The molecule has 42 heavy (non-hydrogen) atoms. The molecule has 3 aromatic rings. The highest BCUT2D eigenvalue weighted by Crippen LogP contribution is 2.37. The van der Waals surface area contributed by atoms with Crippen molar-refractivity contribution in [3.8, 4) is 11.4 Å². The van der Waals surface area contributed by atoms with E-state index in [0.29, 0.717) is 58.4 Å². The molecule has 0 radical (unpaired) electrons. The smallest absolute Gasteiger partial charge is 0.348 e. The number of aromatic carboxylic acids is 1. The fourth-order valence-corrected chi connectivity index (χ4v) is 7.21. The molecule has 0 saturated carbocycles. The molecule has 2 saturated heterocycles. The van der Waals surface area contributed by atoms with E-state index < -0.39 is 5.97 Å². The molecule has 0 unspecified atom stereocenters. The van der Waals surface area contributed by atoms with Crippen molar-refractivity contribution in [2.24, 2.45) is 17.8 Å². The largest absolute Gasteiger partial charge is 0.477 e. The van der Waals surface area contributed by atoms with Crippen LogP contribution in [0, 0.1) is 24.7 Å². The number of carbonyl (C=O) groups is 2. The van der Waals surface area contributed by atoms with Gasteiger partial charge in [0.05, 0.1) is 22.4 Å². The van der Waals surface area contributed by atoms with Gasteiger partial charge in [0.1, 0.15) is 27.8 Å². The van der Waals surface area contributed by atoms with Gasteiger partial charge in [-0.1, -0.05) is 55.3 Å². The lowest BCUT2D eigenvalue weighted by atomic mass is 9.83. The predicted molar refractivity (Wildman–Crippen MR) is 168 cm³/mol. The molecule has 226 valence electrons. The summed E-state index contributed by atoms with van der Waals surface area (Å²) >= 11 is 13.6. The van der Waals surface area contributed by atoms with Crippen molar-refractivity contribution >= 4 is 57.2 Å². The lowest BCUT2D eigenvalue weighted by molar-refractivity contribution is 0.0702. The molecule has 2 aliphatic rings. The minimum Gasteiger partial charge on any atom is -0.477 e. The summed E-state index contributed by atoms with van der Waals surface area (Å²) in [6.45, 7) is 14.5. The Bertz CT molecular complexity index is 1430. The zero-order valence-electron chi connectivity index (χ0n) is 24.4. The van der Waals surface area contributed by atoms with E-state index in [4.69, 9.17) is 28.2 Å². The second-order valence-corrected chi connectivity index (χ2v) is 13.5. The number of piperazine rings is 1. The zero-order chi connectivity index (χ0) is 30.1. The number of ketones is 1. The van der Waals surface area contributed by atoms with Crippen molar-refractivity contribution in [1.29, 1.82) is 0 Å². The van der Waals surface area contributed by atoms with E-state index in [1.165, 1.54) is 0 Å². The number of carboxylic acid groups (broad SMARTS) is 1. The van der Waals surface area contributed by atoms with Gasteiger partial charge >= 0.3 is 5.97 Å². The summed E-state index contributed by atoms with van der Waals surface area (Å²) in [5.74, 6) is 0.694. The van der Waals surface area contributed by atoms with Crippen molar-refractivity contribution in [3.05, 3.63) is 38.7 Å². The first-order valence-corrected chi connectivity index (χ1v) is 15.9. The molecule has 0 spiro atoms. The lowest BCUT2D eigenvalue weighted by Gasteiger charge is -2.36. The molecular weight excluding hydrogens is 597 g/mol. The van der Waals surface area contributed by atoms with Gasteiger partial charge in [-0.05, 0) is 31.1 Å².